The molecule has 0 aromatic carbocycles. The Morgan fingerprint density at radius 2 is 1.87 bits per heavy atom. The second-order valence-electron chi connectivity index (χ2n) is 5.67. The number of hydrogen-bond acceptors (Lipinski definition) is 1. The van der Waals surface area contributed by atoms with Crippen molar-refractivity contribution in [1.82, 2.24) is 9.78 Å². The van der Waals surface area contributed by atoms with Gasteiger partial charge in [-0.1, -0.05) is 34.6 Å². The van der Waals surface area contributed by atoms with Crippen LogP contribution in [0.15, 0.2) is 4.79 Å². The second-order valence-corrected chi connectivity index (χ2v) is 5.67. The third-order valence-corrected chi connectivity index (χ3v) is 2.43. The SMILES string of the molecule is Cc1[nH]n(CC(C)C)c(=O)c1C(C)(C)C. The van der Waals surface area contributed by atoms with Gasteiger partial charge in [-0.3, -0.25) is 14.6 Å². The first kappa shape index (κ1) is 12.1. The Bertz CT molecular complexity index is 391. The summed E-state index contributed by atoms with van der Waals surface area (Å²) in [5.41, 5.74) is 1.95. The van der Waals surface area contributed by atoms with Crippen molar-refractivity contribution < 1.29 is 0 Å². The third-order valence-electron chi connectivity index (χ3n) is 2.43. The van der Waals surface area contributed by atoms with Crippen LogP contribution in [0.4, 0.5) is 0 Å². The van der Waals surface area contributed by atoms with E-state index < -0.39 is 0 Å². The number of H-pyrrole nitrogens is 1. The molecule has 0 saturated carbocycles. The molecular weight excluding hydrogens is 188 g/mol. The Balaban J connectivity index is 3.22. The van der Waals surface area contributed by atoms with Crippen LogP contribution in [0.3, 0.4) is 0 Å². The van der Waals surface area contributed by atoms with E-state index >= 15 is 0 Å². The maximum Gasteiger partial charge on any atom is 0.270 e. The van der Waals surface area contributed by atoms with Crippen LogP contribution in [0.5, 0.6) is 0 Å². The summed E-state index contributed by atoms with van der Waals surface area (Å²) in [5, 5.41) is 3.15. The van der Waals surface area contributed by atoms with E-state index in [-0.39, 0.29) is 11.0 Å². The topological polar surface area (TPSA) is 37.8 Å². The van der Waals surface area contributed by atoms with E-state index in [2.05, 4.69) is 39.7 Å². The Morgan fingerprint density at radius 1 is 1.33 bits per heavy atom. The molecule has 0 fully saturated rings. The van der Waals surface area contributed by atoms with Gasteiger partial charge in [0.1, 0.15) is 0 Å². The highest BCUT2D eigenvalue weighted by Gasteiger charge is 2.23. The molecule has 1 aromatic heterocycles. The lowest BCUT2D eigenvalue weighted by molar-refractivity contribution is 0.468. The minimum Gasteiger partial charge on any atom is -0.300 e. The van der Waals surface area contributed by atoms with Crippen LogP contribution >= 0.6 is 0 Å². The fourth-order valence-corrected chi connectivity index (χ4v) is 1.98. The van der Waals surface area contributed by atoms with Crippen LogP contribution in [0, 0.1) is 12.8 Å². The zero-order chi connectivity index (χ0) is 11.8. The lowest BCUT2D eigenvalue weighted by atomic mass is 9.87. The molecule has 1 heterocycles. The highest BCUT2D eigenvalue weighted by atomic mass is 16.1. The molecule has 1 rings (SSSR count). The minimum absolute atomic E-state index is 0.0834. The Morgan fingerprint density at radius 3 is 2.20 bits per heavy atom. The third kappa shape index (κ3) is 2.52. The molecular formula is C12H22N2O. The van der Waals surface area contributed by atoms with E-state index in [1.807, 2.05) is 6.92 Å². The van der Waals surface area contributed by atoms with Gasteiger partial charge in [-0.15, -0.1) is 0 Å². The predicted molar refractivity (Wildman–Crippen MR) is 63.3 cm³/mol. The van der Waals surface area contributed by atoms with E-state index in [4.69, 9.17) is 0 Å². The van der Waals surface area contributed by atoms with Gasteiger partial charge >= 0.3 is 0 Å². The normalized spacial score (nSPS) is 12.5. The van der Waals surface area contributed by atoms with Crippen molar-refractivity contribution in [3.8, 4) is 0 Å². The van der Waals surface area contributed by atoms with Gasteiger partial charge in [-0.2, -0.15) is 0 Å². The molecule has 1 N–H and O–H groups in total. The standard InChI is InChI=1S/C12H22N2O/c1-8(2)7-14-11(15)10(9(3)13-14)12(4,5)6/h8,13H,7H2,1-6H3. The van der Waals surface area contributed by atoms with Crippen LogP contribution < -0.4 is 5.56 Å². The summed E-state index contributed by atoms with van der Waals surface area (Å²) < 4.78 is 1.72. The largest absolute Gasteiger partial charge is 0.300 e. The zero-order valence-electron chi connectivity index (χ0n) is 10.6. The summed E-state index contributed by atoms with van der Waals surface area (Å²) >= 11 is 0. The summed E-state index contributed by atoms with van der Waals surface area (Å²) in [7, 11) is 0. The van der Waals surface area contributed by atoms with Crippen LogP contribution in [0.2, 0.25) is 0 Å². The zero-order valence-corrected chi connectivity index (χ0v) is 10.6. The number of hydrogen-bond donors (Lipinski definition) is 1. The molecule has 15 heavy (non-hydrogen) atoms. The highest BCUT2D eigenvalue weighted by Crippen LogP contribution is 2.21. The maximum absolute atomic E-state index is 12.1. The number of aromatic nitrogens is 2. The molecule has 86 valence electrons. The second kappa shape index (κ2) is 3.87. The molecule has 0 aliphatic rings. The molecule has 0 radical (unpaired) electrons. The molecule has 1 aromatic rings. The van der Waals surface area contributed by atoms with Gasteiger partial charge in [0, 0.05) is 17.8 Å². The van der Waals surface area contributed by atoms with Crippen molar-refractivity contribution in [2.24, 2.45) is 5.92 Å². The molecule has 3 nitrogen and oxygen atoms in total. The summed E-state index contributed by atoms with van der Waals surface area (Å²) in [6, 6.07) is 0. The Kier molecular flexibility index (Phi) is 3.12. The van der Waals surface area contributed by atoms with Crippen molar-refractivity contribution in [3.63, 3.8) is 0 Å². The monoisotopic (exact) mass is 210 g/mol. The van der Waals surface area contributed by atoms with E-state index in [1.54, 1.807) is 4.68 Å². The van der Waals surface area contributed by atoms with E-state index in [1.165, 1.54) is 0 Å². The van der Waals surface area contributed by atoms with Crippen molar-refractivity contribution >= 4 is 0 Å². The summed E-state index contributed by atoms with van der Waals surface area (Å²) in [6.45, 7) is 13.2. The predicted octanol–water partition coefficient (Wildman–Crippen LogP) is 2.44. The molecule has 0 atom stereocenters. The molecule has 0 aliphatic heterocycles. The van der Waals surface area contributed by atoms with Gasteiger partial charge < -0.3 is 0 Å². The minimum atomic E-state index is -0.0834. The first-order chi connectivity index (χ1) is 6.73. The van der Waals surface area contributed by atoms with E-state index in [0.717, 1.165) is 17.8 Å². The average Bonchev–Trinajstić information content (AvgIpc) is 2.23. The summed E-state index contributed by atoms with van der Waals surface area (Å²) in [6.07, 6.45) is 0. The van der Waals surface area contributed by atoms with Gasteiger partial charge in [0.25, 0.3) is 5.56 Å². The number of nitrogens with zero attached hydrogens (tertiary/aromatic N) is 1. The molecule has 3 heteroatoms. The van der Waals surface area contributed by atoms with Crippen molar-refractivity contribution in [2.45, 2.75) is 53.5 Å². The van der Waals surface area contributed by atoms with E-state index in [0.29, 0.717) is 5.92 Å². The van der Waals surface area contributed by atoms with Gasteiger partial charge in [0.05, 0.1) is 0 Å². The first-order valence-corrected chi connectivity index (χ1v) is 5.53. The van der Waals surface area contributed by atoms with Crippen molar-refractivity contribution in [1.29, 1.82) is 0 Å². The molecule has 0 bridgehead atoms. The van der Waals surface area contributed by atoms with Gasteiger partial charge in [0.15, 0.2) is 0 Å². The van der Waals surface area contributed by atoms with Crippen molar-refractivity contribution in [3.05, 3.63) is 21.6 Å². The van der Waals surface area contributed by atoms with Gasteiger partial charge in [-0.25, -0.2) is 0 Å². The average molecular weight is 210 g/mol. The molecule has 0 spiro atoms. The Hall–Kier alpha value is -0.990. The first-order valence-electron chi connectivity index (χ1n) is 5.53. The fraction of sp³-hybridized carbons (Fsp3) is 0.750. The Labute approximate surface area is 91.5 Å². The molecule has 0 aliphatic carbocycles. The molecule has 0 unspecified atom stereocenters. The van der Waals surface area contributed by atoms with Crippen LogP contribution in [0.25, 0.3) is 0 Å². The summed E-state index contributed by atoms with van der Waals surface area (Å²) in [5.74, 6) is 0.480. The number of rotatable bonds is 2. The molecule has 0 saturated heterocycles. The van der Waals surface area contributed by atoms with E-state index in [9.17, 15) is 4.79 Å². The summed E-state index contributed by atoms with van der Waals surface area (Å²) in [4.78, 5) is 12.1. The van der Waals surface area contributed by atoms with Crippen molar-refractivity contribution in [2.75, 3.05) is 0 Å². The van der Waals surface area contributed by atoms with Crippen LogP contribution in [-0.4, -0.2) is 9.78 Å². The lowest BCUT2D eigenvalue weighted by Gasteiger charge is -2.16. The highest BCUT2D eigenvalue weighted by molar-refractivity contribution is 5.24. The number of aryl methyl sites for hydroxylation is 1. The number of aromatic amines is 1. The molecule has 0 amide bonds. The quantitative estimate of drug-likeness (QED) is 0.800. The lowest BCUT2D eigenvalue weighted by Crippen LogP contribution is -2.27. The maximum atomic E-state index is 12.1. The van der Waals surface area contributed by atoms with Crippen LogP contribution in [-0.2, 0) is 12.0 Å². The van der Waals surface area contributed by atoms with Gasteiger partial charge in [0.2, 0.25) is 0 Å². The smallest absolute Gasteiger partial charge is 0.270 e. The van der Waals surface area contributed by atoms with Crippen LogP contribution in [0.1, 0.15) is 45.9 Å². The fourth-order valence-electron chi connectivity index (χ4n) is 1.98. The van der Waals surface area contributed by atoms with Gasteiger partial charge in [-0.05, 0) is 18.3 Å². The number of nitrogens with one attached hydrogen (secondary N) is 1.